The monoisotopic (exact) mass is 325 g/mol. The molecule has 2 atom stereocenters. The first-order valence-corrected chi connectivity index (χ1v) is 9.35. The molecule has 0 radical (unpaired) electrons. The van der Waals surface area contributed by atoms with Crippen molar-refractivity contribution in [3.05, 3.63) is 24.3 Å². The third-order valence-electron chi connectivity index (χ3n) is 3.82. The molecule has 0 unspecified atom stereocenters. The van der Waals surface area contributed by atoms with Crippen LogP contribution in [-0.2, 0) is 14.6 Å². The van der Waals surface area contributed by atoms with E-state index in [-0.39, 0.29) is 17.4 Å². The van der Waals surface area contributed by atoms with Crippen molar-refractivity contribution in [1.29, 1.82) is 0 Å². The molecule has 1 aliphatic heterocycles. The highest BCUT2D eigenvalue weighted by Crippen LogP contribution is 2.21. The lowest BCUT2D eigenvalue weighted by Crippen LogP contribution is -2.44. The molecule has 1 fully saturated rings. The molecular formula is C16H23NO4S. The fourth-order valence-corrected chi connectivity index (χ4v) is 3.55. The van der Waals surface area contributed by atoms with Gasteiger partial charge in [-0.1, -0.05) is 19.9 Å². The van der Waals surface area contributed by atoms with E-state index in [1.807, 2.05) is 4.90 Å². The molecule has 1 aliphatic rings. The second-order valence-corrected chi connectivity index (χ2v) is 8.30. The number of likely N-dealkylation sites (tertiary alicyclic amines) is 1. The van der Waals surface area contributed by atoms with Crippen LogP contribution in [-0.4, -0.2) is 45.2 Å². The summed E-state index contributed by atoms with van der Waals surface area (Å²) in [6.45, 7) is 5.75. The number of hydrogen-bond acceptors (Lipinski definition) is 4. The van der Waals surface area contributed by atoms with Gasteiger partial charge in [-0.25, -0.2) is 8.42 Å². The van der Waals surface area contributed by atoms with Gasteiger partial charge in [0.05, 0.1) is 4.90 Å². The first kappa shape index (κ1) is 16.8. The molecular weight excluding hydrogens is 302 g/mol. The Bertz CT molecular complexity index is 631. The third-order valence-corrected chi connectivity index (χ3v) is 4.93. The molecule has 0 bridgehead atoms. The van der Waals surface area contributed by atoms with Gasteiger partial charge in [0.1, 0.15) is 5.75 Å². The summed E-state index contributed by atoms with van der Waals surface area (Å²) in [6.07, 6.45) is 2.29. The molecule has 0 spiro atoms. The highest BCUT2D eigenvalue weighted by molar-refractivity contribution is 7.90. The van der Waals surface area contributed by atoms with Crippen molar-refractivity contribution in [1.82, 2.24) is 4.90 Å². The summed E-state index contributed by atoms with van der Waals surface area (Å²) in [5, 5.41) is 0. The number of benzene rings is 1. The van der Waals surface area contributed by atoms with E-state index in [1.165, 1.54) is 12.1 Å². The quantitative estimate of drug-likeness (QED) is 0.849. The number of nitrogens with zero attached hydrogens (tertiary/aromatic N) is 1. The average molecular weight is 325 g/mol. The second kappa shape index (κ2) is 6.69. The van der Waals surface area contributed by atoms with Gasteiger partial charge in [-0.2, -0.15) is 0 Å². The van der Waals surface area contributed by atoms with Gasteiger partial charge in [-0.3, -0.25) is 4.79 Å². The van der Waals surface area contributed by atoms with Gasteiger partial charge in [-0.05, 0) is 36.5 Å². The number of carbonyl (C=O) groups is 1. The predicted octanol–water partition coefficient (Wildman–Crippen LogP) is 1.97. The van der Waals surface area contributed by atoms with E-state index in [1.54, 1.807) is 12.1 Å². The third kappa shape index (κ3) is 4.47. The topological polar surface area (TPSA) is 63.7 Å². The lowest BCUT2D eigenvalue weighted by atomic mass is 9.92. The van der Waals surface area contributed by atoms with Gasteiger partial charge in [0, 0.05) is 19.3 Å². The standard InChI is InChI=1S/C16H23NO4S/c1-12-7-13(2)10-17(9-12)16(18)11-21-14-5-4-6-15(8-14)22(3,19)20/h4-6,8,12-13H,7,9-11H2,1-3H3/t12-,13-/m0/s1. The number of hydrogen-bond donors (Lipinski definition) is 0. The minimum atomic E-state index is -3.27. The van der Waals surface area contributed by atoms with Gasteiger partial charge in [-0.15, -0.1) is 0 Å². The van der Waals surface area contributed by atoms with Crippen LogP contribution in [0.1, 0.15) is 20.3 Å². The Hall–Kier alpha value is -1.56. The maximum atomic E-state index is 12.2. The first-order chi connectivity index (χ1) is 10.3. The molecule has 22 heavy (non-hydrogen) atoms. The van der Waals surface area contributed by atoms with Gasteiger partial charge in [0.15, 0.2) is 16.4 Å². The zero-order chi connectivity index (χ0) is 16.3. The summed E-state index contributed by atoms with van der Waals surface area (Å²) in [5.74, 6) is 1.35. The second-order valence-electron chi connectivity index (χ2n) is 6.28. The summed E-state index contributed by atoms with van der Waals surface area (Å²) < 4.78 is 28.5. The van der Waals surface area contributed by atoms with E-state index in [2.05, 4.69) is 13.8 Å². The van der Waals surface area contributed by atoms with Crippen molar-refractivity contribution in [2.75, 3.05) is 26.0 Å². The number of amides is 1. The maximum absolute atomic E-state index is 12.2. The normalized spacial score (nSPS) is 22.4. The molecule has 0 aliphatic carbocycles. The van der Waals surface area contributed by atoms with Crippen molar-refractivity contribution >= 4 is 15.7 Å². The number of rotatable bonds is 4. The van der Waals surface area contributed by atoms with E-state index in [0.29, 0.717) is 17.6 Å². The van der Waals surface area contributed by atoms with Crippen LogP contribution in [0.4, 0.5) is 0 Å². The fraction of sp³-hybridized carbons (Fsp3) is 0.562. The van der Waals surface area contributed by atoms with E-state index >= 15 is 0 Å². The van der Waals surface area contributed by atoms with Gasteiger partial charge >= 0.3 is 0 Å². The molecule has 5 nitrogen and oxygen atoms in total. The SMILES string of the molecule is C[C@H]1C[C@H](C)CN(C(=O)COc2cccc(S(C)(=O)=O)c2)C1. The summed E-state index contributed by atoms with van der Waals surface area (Å²) in [6, 6.07) is 6.23. The van der Waals surface area contributed by atoms with Crippen LogP contribution >= 0.6 is 0 Å². The fourth-order valence-electron chi connectivity index (χ4n) is 2.90. The molecule has 122 valence electrons. The van der Waals surface area contributed by atoms with Gasteiger partial charge in [0.25, 0.3) is 5.91 Å². The molecule has 1 aromatic rings. The zero-order valence-electron chi connectivity index (χ0n) is 13.3. The smallest absolute Gasteiger partial charge is 0.260 e. The Morgan fingerprint density at radius 2 is 1.91 bits per heavy atom. The highest BCUT2D eigenvalue weighted by atomic mass is 32.2. The number of carbonyl (C=O) groups excluding carboxylic acids is 1. The molecule has 6 heteroatoms. The van der Waals surface area contributed by atoms with Crippen LogP contribution < -0.4 is 4.74 Å². The Morgan fingerprint density at radius 1 is 1.27 bits per heavy atom. The Labute approximate surface area is 132 Å². The van der Waals surface area contributed by atoms with E-state index in [0.717, 1.165) is 25.8 Å². The number of sulfone groups is 1. The minimum Gasteiger partial charge on any atom is -0.484 e. The number of ether oxygens (including phenoxy) is 1. The molecule has 1 saturated heterocycles. The minimum absolute atomic E-state index is 0.0526. The molecule has 2 rings (SSSR count). The van der Waals surface area contributed by atoms with Crippen LogP contribution in [0, 0.1) is 11.8 Å². The van der Waals surface area contributed by atoms with Crippen molar-refractivity contribution in [2.24, 2.45) is 11.8 Å². The Balaban J connectivity index is 1.97. The van der Waals surface area contributed by atoms with Gasteiger partial charge in [0.2, 0.25) is 0 Å². The summed E-state index contributed by atoms with van der Waals surface area (Å²) >= 11 is 0. The summed E-state index contributed by atoms with van der Waals surface area (Å²) in [7, 11) is -3.27. The van der Waals surface area contributed by atoms with E-state index in [4.69, 9.17) is 4.74 Å². The lowest BCUT2D eigenvalue weighted by Gasteiger charge is -2.34. The van der Waals surface area contributed by atoms with Crippen LogP contribution in [0.3, 0.4) is 0 Å². The first-order valence-electron chi connectivity index (χ1n) is 7.46. The summed E-state index contributed by atoms with van der Waals surface area (Å²) in [5.41, 5.74) is 0. The average Bonchev–Trinajstić information content (AvgIpc) is 2.43. The molecule has 1 heterocycles. The largest absolute Gasteiger partial charge is 0.484 e. The molecule has 0 saturated carbocycles. The van der Waals surface area contributed by atoms with Crippen LogP contribution in [0.15, 0.2) is 29.2 Å². The highest BCUT2D eigenvalue weighted by Gasteiger charge is 2.25. The maximum Gasteiger partial charge on any atom is 0.260 e. The Morgan fingerprint density at radius 3 is 2.50 bits per heavy atom. The van der Waals surface area contributed by atoms with Crippen molar-refractivity contribution in [3.63, 3.8) is 0 Å². The lowest BCUT2D eigenvalue weighted by molar-refractivity contribution is -0.136. The van der Waals surface area contributed by atoms with E-state index < -0.39 is 9.84 Å². The van der Waals surface area contributed by atoms with Crippen LogP contribution in [0.5, 0.6) is 5.75 Å². The van der Waals surface area contributed by atoms with Gasteiger partial charge < -0.3 is 9.64 Å². The summed E-state index contributed by atoms with van der Waals surface area (Å²) in [4.78, 5) is 14.3. The molecule has 0 N–H and O–H groups in total. The van der Waals surface area contributed by atoms with E-state index in [9.17, 15) is 13.2 Å². The van der Waals surface area contributed by atoms with Crippen molar-refractivity contribution in [3.8, 4) is 5.75 Å². The van der Waals surface area contributed by atoms with Crippen LogP contribution in [0.2, 0.25) is 0 Å². The predicted molar refractivity (Wildman–Crippen MR) is 84.6 cm³/mol. The molecule has 1 aromatic carbocycles. The zero-order valence-corrected chi connectivity index (χ0v) is 14.1. The number of piperidine rings is 1. The molecule has 0 aromatic heterocycles. The van der Waals surface area contributed by atoms with Crippen molar-refractivity contribution in [2.45, 2.75) is 25.2 Å². The van der Waals surface area contributed by atoms with Crippen LogP contribution in [0.25, 0.3) is 0 Å². The Kier molecular flexibility index (Phi) is 5.11. The molecule has 1 amide bonds. The van der Waals surface area contributed by atoms with Crippen molar-refractivity contribution < 1.29 is 17.9 Å².